The van der Waals surface area contributed by atoms with E-state index < -0.39 is 11.6 Å². The number of hydrogen-bond acceptors (Lipinski definition) is 2. The van der Waals surface area contributed by atoms with Crippen molar-refractivity contribution in [2.75, 3.05) is 0 Å². The Kier molecular flexibility index (Phi) is 3.64. The van der Waals surface area contributed by atoms with Gasteiger partial charge in [-0.05, 0) is 32.0 Å². The standard InChI is InChI=1S/C14H13F2NO2/c1-8-5-13(9(2)14(18)17-8)19-7-10-3-4-11(15)6-12(10)16/h3-6H,7H2,1-2H3,(H,17,18). The molecule has 0 saturated carbocycles. The van der Waals surface area contributed by atoms with E-state index in [2.05, 4.69) is 4.98 Å². The van der Waals surface area contributed by atoms with Crippen LogP contribution in [0, 0.1) is 25.5 Å². The van der Waals surface area contributed by atoms with Gasteiger partial charge < -0.3 is 9.72 Å². The summed E-state index contributed by atoms with van der Waals surface area (Å²) in [5.41, 5.74) is 1.08. The summed E-state index contributed by atoms with van der Waals surface area (Å²) < 4.78 is 31.6. The minimum atomic E-state index is -0.667. The van der Waals surface area contributed by atoms with E-state index in [4.69, 9.17) is 4.74 Å². The number of halogens is 2. The highest BCUT2D eigenvalue weighted by atomic mass is 19.1. The molecule has 0 amide bonds. The van der Waals surface area contributed by atoms with Crippen LogP contribution in [-0.2, 0) is 6.61 Å². The number of H-pyrrole nitrogens is 1. The fraction of sp³-hybridized carbons (Fsp3) is 0.214. The molecule has 0 saturated heterocycles. The zero-order chi connectivity index (χ0) is 14.0. The molecule has 0 aliphatic rings. The van der Waals surface area contributed by atoms with Crippen LogP contribution >= 0.6 is 0 Å². The van der Waals surface area contributed by atoms with Gasteiger partial charge in [-0.3, -0.25) is 4.79 Å². The second-order valence-electron chi connectivity index (χ2n) is 4.30. The van der Waals surface area contributed by atoms with Gasteiger partial charge >= 0.3 is 0 Å². The van der Waals surface area contributed by atoms with Crippen LogP contribution in [0.4, 0.5) is 8.78 Å². The van der Waals surface area contributed by atoms with E-state index in [9.17, 15) is 13.6 Å². The fourth-order valence-electron chi connectivity index (χ4n) is 1.67. The van der Waals surface area contributed by atoms with Crippen LogP contribution in [0.25, 0.3) is 0 Å². The van der Waals surface area contributed by atoms with Crippen molar-refractivity contribution in [3.05, 3.63) is 63.1 Å². The molecule has 2 aromatic rings. The summed E-state index contributed by atoms with van der Waals surface area (Å²) in [7, 11) is 0. The maximum absolute atomic E-state index is 13.4. The van der Waals surface area contributed by atoms with Gasteiger partial charge in [0.2, 0.25) is 0 Å². The van der Waals surface area contributed by atoms with Gasteiger partial charge in [-0.15, -0.1) is 0 Å². The Morgan fingerprint density at radius 3 is 2.63 bits per heavy atom. The maximum atomic E-state index is 13.4. The summed E-state index contributed by atoms with van der Waals surface area (Å²) in [6.07, 6.45) is 0. The van der Waals surface area contributed by atoms with Crippen LogP contribution in [-0.4, -0.2) is 4.98 Å². The van der Waals surface area contributed by atoms with Crippen molar-refractivity contribution in [2.24, 2.45) is 0 Å². The maximum Gasteiger partial charge on any atom is 0.254 e. The van der Waals surface area contributed by atoms with Crippen molar-refractivity contribution in [1.82, 2.24) is 4.98 Å². The van der Waals surface area contributed by atoms with E-state index in [1.54, 1.807) is 19.9 Å². The fourth-order valence-corrected chi connectivity index (χ4v) is 1.67. The first-order valence-electron chi connectivity index (χ1n) is 5.74. The highest BCUT2D eigenvalue weighted by molar-refractivity contribution is 5.32. The lowest BCUT2D eigenvalue weighted by molar-refractivity contribution is 0.296. The number of benzene rings is 1. The monoisotopic (exact) mass is 265 g/mol. The average Bonchev–Trinajstić information content (AvgIpc) is 2.33. The van der Waals surface area contributed by atoms with Crippen molar-refractivity contribution in [1.29, 1.82) is 0 Å². The molecule has 1 heterocycles. The van der Waals surface area contributed by atoms with Crippen molar-refractivity contribution >= 4 is 0 Å². The highest BCUT2D eigenvalue weighted by Crippen LogP contribution is 2.17. The number of aryl methyl sites for hydroxylation is 1. The zero-order valence-electron chi connectivity index (χ0n) is 10.6. The quantitative estimate of drug-likeness (QED) is 0.927. The molecule has 19 heavy (non-hydrogen) atoms. The Bertz CT molecular complexity index is 665. The largest absolute Gasteiger partial charge is 0.488 e. The Hall–Kier alpha value is -2.17. The zero-order valence-corrected chi connectivity index (χ0v) is 10.6. The van der Waals surface area contributed by atoms with Crippen LogP contribution in [0.2, 0.25) is 0 Å². The molecular weight excluding hydrogens is 252 g/mol. The SMILES string of the molecule is Cc1cc(OCc2ccc(F)cc2F)c(C)c(=O)[nH]1. The lowest BCUT2D eigenvalue weighted by atomic mass is 10.2. The third-order valence-electron chi connectivity index (χ3n) is 2.77. The molecule has 0 aliphatic carbocycles. The molecular formula is C14H13F2NO2. The number of pyridine rings is 1. The molecule has 0 spiro atoms. The predicted molar refractivity (Wildman–Crippen MR) is 67.2 cm³/mol. The molecule has 0 aliphatic heterocycles. The van der Waals surface area contributed by atoms with Crippen LogP contribution in [0.15, 0.2) is 29.1 Å². The predicted octanol–water partition coefficient (Wildman–Crippen LogP) is 2.85. The lowest BCUT2D eigenvalue weighted by Gasteiger charge is -2.10. The van der Waals surface area contributed by atoms with Gasteiger partial charge in [0.05, 0.1) is 5.56 Å². The normalized spacial score (nSPS) is 10.5. The van der Waals surface area contributed by atoms with Gasteiger partial charge in [-0.25, -0.2) is 8.78 Å². The van der Waals surface area contributed by atoms with Crippen molar-refractivity contribution in [3.63, 3.8) is 0 Å². The minimum absolute atomic E-state index is 0.0597. The van der Waals surface area contributed by atoms with Crippen LogP contribution in [0.1, 0.15) is 16.8 Å². The molecule has 3 nitrogen and oxygen atoms in total. The second-order valence-corrected chi connectivity index (χ2v) is 4.30. The van der Waals surface area contributed by atoms with Gasteiger partial charge in [0.1, 0.15) is 24.0 Å². The van der Waals surface area contributed by atoms with Gasteiger partial charge in [-0.2, -0.15) is 0 Å². The molecule has 1 N–H and O–H groups in total. The Morgan fingerprint density at radius 1 is 1.21 bits per heavy atom. The molecule has 0 radical (unpaired) electrons. The molecule has 100 valence electrons. The van der Waals surface area contributed by atoms with Gasteiger partial charge in [-0.1, -0.05) is 0 Å². The summed E-state index contributed by atoms with van der Waals surface area (Å²) >= 11 is 0. The van der Waals surface area contributed by atoms with Gasteiger partial charge in [0, 0.05) is 17.3 Å². The molecule has 0 atom stereocenters. The summed E-state index contributed by atoms with van der Waals surface area (Å²) in [6, 6.07) is 4.95. The third kappa shape index (κ3) is 2.99. The second kappa shape index (κ2) is 5.22. The molecule has 0 bridgehead atoms. The van der Waals surface area contributed by atoms with Crippen molar-refractivity contribution in [2.45, 2.75) is 20.5 Å². The number of aromatic amines is 1. The topological polar surface area (TPSA) is 42.1 Å². The van der Waals surface area contributed by atoms with Crippen molar-refractivity contribution in [3.8, 4) is 5.75 Å². The third-order valence-corrected chi connectivity index (χ3v) is 2.77. The molecule has 2 rings (SSSR count). The van der Waals surface area contributed by atoms with Crippen LogP contribution < -0.4 is 10.3 Å². The van der Waals surface area contributed by atoms with E-state index >= 15 is 0 Å². The molecule has 5 heteroatoms. The van der Waals surface area contributed by atoms with E-state index in [1.165, 1.54) is 6.07 Å². The summed E-state index contributed by atoms with van der Waals surface area (Å²) in [5, 5.41) is 0. The number of rotatable bonds is 3. The summed E-state index contributed by atoms with van der Waals surface area (Å²) in [5.74, 6) is -0.909. The van der Waals surface area contributed by atoms with E-state index in [0.717, 1.165) is 12.1 Å². The first-order valence-corrected chi connectivity index (χ1v) is 5.74. The Labute approximate surface area is 108 Å². The lowest BCUT2D eigenvalue weighted by Crippen LogP contribution is -2.13. The van der Waals surface area contributed by atoms with Crippen LogP contribution in [0.3, 0.4) is 0 Å². The highest BCUT2D eigenvalue weighted by Gasteiger charge is 2.08. The number of ether oxygens (including phenoxy) is 1. The summed E-state index contributed by atoms with van der Waals surface area (Å²) in [4.78, 5) is 14.2. The van der Waals surface area contributed by atoms with Crippen molar-refractivity contribution < 1.29 is 13.5 Å². The number of nitrogens with one attached hydrogen (secondary N) is 1. The van der Waals surface area contributed by atoms with Crippen LogP contribution in [0.5, 0.6) is 5.75 Å². The molecule has 0 unspecified atom stereocenters. The van der Waals surface area contributed by atoms with E-state index in [0.29, 0.717) is 17.0 Å². The minimum Gasteiger partial charge on any atom is -0.488 e. The van der Waals surface area contributed by atoms with Gasteiger partial charge in [0.15, 0.2) is 0 Å². The molecule has 1 aromatic heterocycles. The first-order chi connectivity index (χ1) is 8.97. The Balaban J connectivity index is 2.21. The van der Waals surface area contributed by atoms with Gasteiger partial charge in [0.25, 0.3) is 5.56 Å². The van der Waals surface area contributed by atoms with E-state index in [-0.39, 0.29) is 17.7 Å². The molecule has 1 aromatic carbocycles. The smallest absolute Gasteiger partial charge is 0.254 e. The molecule has 0 fully saturated rings. The average molecular weight is 265 g/mol. The Morgan fingerprint density at radius 2 is 1.95 bits per heavy atom. The number of aromatic nitrogens is 1. The van der Waals surface area contributed by atoms with E-state index in [1.807, 2.05) is 0 Å². The summed E-state index contributed by atoms with van der Waals surface area (Å²) in [6.45, 7) is 3.29. The number of hydrogen-bond donors (Lipinski definition) is 1. The first kappa shape index (κ1) is 13.3.